The van der Waals surface area contributed by atoms with Crippen LogP contribution in [0.4, 0.5) is 0 Å². The molecule has 0 aliphatic carbocycles. The van der Waals surface area contributed by atoms with Crippen molar-refractivity contribution in [3.63, 3.8) is 0 Å². The van der Waals surface area contributed by atoms with Crippen molar-refractivity contribution >= 4 is 48.7 Å². The number of sulfonamides is 1. The highest BCUT2D eigenvalue weighted by Gasteiger charge is 2.37. The first kappa shape index (κ1) is 23.4. The maximum Gasteiger partial charge on any atom is 0.266 e. The fourth-order valence-corrected chi connectivity index (χ4v) is 5.84. The fraction of sp³-hybridized carbons (Fsp3) is 0.350. The molecule has 0 spiro atoms. The quantitative estimate of drug-likeness (QED) is 0.361. The molecule has 3 heterocycles. The van der Waals surface area contributed by atoms with Crippen molar-refractivity contribution in [1.29, 1.82) is 0 Å². The van der Waals surface area contributed by atoms with Crippen LogP contribution in [0.2, 0.25) is 0 Å². The largest absolute Gasteiger partial charge is 0.366 e. The van der Waals surface area contributed by atoms with Gasteiger partial charge in [0.25, 0.3) is 11.8 Å². The van der Waals surface area contributed by atoms with E-state index in [2.05, 4.69) is 31.2 Å². The fourth-order valence-electron chi connectivity index (χ4n) is 3.72. The molecule has 2 aromatic heterocycles. The van der Waals surface area contributed by atoms with Gasteiger partial charge < -0.3 is 25.3 Å². The molecule has 0 radical (unpaired) electrons. The van der Waals surface area contributed by atoms with Crippen LogP contribution in [0.5, 0.6) is 0 Å². The number of aromatic amines is 1. The van der Waals surface area contributed by atoms with E-state index in [0.29, 0.717) is 34.9 Å². The van der Waals surface area contributed by atoms with Crippen molar-refractivity contribution in [3.05, 3.63) is 47.1 Å². The Kier molecular flexibility index (Phi) is 6.83. The van der Waals surface area contributed by atoms with Crippen LogP contribution in [0.1, 0.15) is 16.9 Å². The summed E-state index contributed by atoms with van der Waals surface area (Å²) in [6, 6.07) is 4.99. The molecular formula is C20H23BrN6O5S. The number of morpholine rings is 1. The van der Waals surface area contributed by atoms with Gasteiger partial charge >= 0.3 is 0 Å². The number of amides is 2. The number of hydrogen-bond acceptors (Lipinski definition) is 6. The van der Waals surface area contributed by atoms with Crippen LogP contribution in [0, 0.1) is 0 Å². The molecule has 1 saturated heterocycles. The van der Waals surface area contributed by atoms with Crippen molar-refractivity contribution < 1.29 is 22.7 Å². The minimum Gasteiger partial charge on any atom is -0.366 e. The topological polar surface area (TPSA) is 152 Å². The zero-order valence-corrected chi connectivity index (χ0v) is 19.9. The number of nitrogens with two attached hydrogens (primary N) is 1. The van der Waals surface area contributed by atoms with Gasteiger partial charge in [0.1, 0.15) is 16.7 Å². The lowest BCUT2D eigenvalue weighted by atomic mass is 10.2. The number of imidazole rings is 1. The number of carbonyl (C=O) groups is 2. The molecule has 11 nitrogen and oxygen atoms in total. The van der Waals surface area contributed by atoms with E-state index in [1.54, 1.807) is 30.7 Å². The second-order valence-electron chi connectivity index (χ2n) is 7.55. The van der Waals surface area contributed by atoms with Crippen LogP contribution in [-0.2, 0) is 26.1 Å². The lowest BCUT2D eigenvalue weighted by Crippen LogP contribution is -2.51. The van der Waals surface area contributed by atoms with Crippen LogP contribution < -0.4 is 11.1 Å². The second-order valence-corrected chi connectivity index (χ2v) is 10.3. The number of rotatable bonds is 8. The molecular weight excluding hydrogens is 516 g/mol. The monoisotopic (exact) mass is 538 g/mol. The minimum atomic E-state index is -4.15. The van der Waals surface area contributed by atoms with Crippen molar-refractivity contribution in [2.45, 2.75) is 24.0 Å². The van der Waals surface area contributed by atoms with Gasteiger partial charge in [0.05, 0.1) is 12.9 Å². The van der Waals surface area contributed by atoms with Crippen LogP contribution >= 0.6 is 15.9 Å². The zero-order valence-electron chi connectivity index (χ0n) is 17.5. The van der Waals surface area contributed by atoms with E-state index in [4.69, 9.17) is 10.5 Å². The van der Waals surface area contributed by atoms with E-state index in [-0.39, 0.29) is 30.3 Å². The van der Waals surface area contributed by atoms with Gasteiger partial charge in [-0.25, -0.2) is 13.4 Å². The van der Waals surface area contributed by atoms with Crippen molar-refractivity contribution in [2.75, 3.05) is 26.2 Å². The lowest BCUT2D eigenvalue weighted by Gasteiger charge is -2.31. The molecule has 2 amide bonds. The number of hydrogen-bond donors (Lipinski definition) is 3. The minimum absolute atomic E-state index is 0.0459. The average molecular weight is 539 g/mol. The summed E-state index contributed by atoms with van der Waals surface area (Å²) >= 11 is 3.33. The third kappa shape index (κ3) is 4.95. The predicted octanol–water partition coefficient (Wildman–Crippen LogP) is 0.822. The van der Waals surface area contributed by atoms with Gasteiger partial charge in [0, 0.05) is 53.9 Å². The number of fused-ring (bicyclic) bond motifs is 1. The van der Waals surface area contributed by atoms with Gasteiger partial charge in [0.2, 0.25) is 10.0 Å². The molecule has 0 saturated carbocycles. The number of H-pyrrole nitrogens is 1. The van der Waals surface area contributed by atoms with E-state index in [9.17, 15) is 18.0 Å². The lowest BCUT2D eigenvalue weighted by molar-refractivity contribution is -0.136. The molecule has 1 aliphatic rings. The van der Waals surface area contributed by atoms with Crippen LogP contribution in [0.25, 0.3) is 10.9 Å². The molecule has 4 N–H and O–H groups in total. The smallest absolute Gasteiger partial charge is 0.266 e. The van der Waals surface area contributed by atoms with Gasteiger partial charge in [-0.15, -0.1) is 0 Å². The third-order valence-electron chi connectivity index (χ3n) is 5.33. The first-order chi connectivity index (χ1) is 15.8. The number of ether oxygens (including phenoxy) is 1. The molecule has 1 aliphatic heterocycles. The summed E-state index contributed by atoms with van der Waals surface area (Å²) in [6.45, 7) is 1.02. The highest BCUT2D eigenvalue weighted by atomic mass is 79.9. The Labute approximate surface area is 198 Å². The number of halogens is 1. The van der Waals surface area contributed by atoms with Gasteiger partial charge in [-0.05, 0) is 24.6 Å². The summed E-state index contributed by atoms with van der Waals surface area (Å²) in [6.07, 6.45) is 4.93. The van der Waals surface area contributed by atoms with Crippen molar-refractivity contribution in [2.24, 2.45) is 5.73 Å². The van der Waals surface area contributed by atoms with Crippen LogP contribution in [-0.4, -0.2) is 71.4 Å². The standard InChI is InChI=1S/C20H23BrN6O5S/c21-13-2-3-15-14(10-13)18(17(25-15)19(22)28)33(30,31)27-8-9-32-16(11-27)20(29)24-4-1-6-26-7-5-23-12-26/h2-3,5,7,10,12,16,25H,1,4,6,8-9,11H2,(H2,22,28)(H,24,29). The van der Waals surface area contributed by atoms with E-state index >= 15 is 0 Å². The highest BCUT2D eigenvalue weighted by molar-refractivity contribution is 9.10. The third-order valence-corrected chi connectivity index (χ3v) is 7.78. The number of nitrogens with one attached hydrogen (secondary N) is 2. The average Bonchev–Trinajstić information content (AvgIpc) is 3.44. The van der Waals surface area contributed by atoms with E-state index in [1.807, 2.05) is 10.8 Å². The van der Waals surface area contributed by atoms with Gasteiger partial charge in [0.15, 0.2) is 0 Å². The SMILES string of the molecule is NC(=O)c1[nH]c2ccc(Br)cc2c1S(=O)(=O)N1CCOC(C(=O)NCCCn2ccnc2)C1. The summed E-state index contributed by atoms with van der Waals surface area (Å²) in [7, 11) is -4.15. The number of primary amides is 1. The normalized spacial score (nSPS) is 17.3. The molecule has 1 unspecified atom stereocenters. The Balaban J connectivity index is 1.49. The summed E-state index contributed by atoms with van der Waals surface area (Å²) in [5, 5.41) is 3.12. The van der Waals surface area contributed by atoms with Crippen molar-refractivity contribution in [1.82, 2.24) is 24.2 Å². The van der Waals surface area contributed by atoms with Crippen LogP contribution in [0.3, 0.4) is 0 Å². The number of benzene rings is 1. The Hall–Kier alpha value is -2.74. The number of aromatic nitrogens is 3. The molecule has 1 aromatic carbocycles. The summed E-state index contributed by atoms with van der Waals surface area (Å²) in [5.41, 5.74) is 5.73. The number of aryl methyl sites for hydroxylation is 1. The Morgan fingerprint density at radius 3 is 2.91 bits per heavy atom. The molecule has 33 heavy (non-hydrogen) atoms. The first-order valence-corrected chi connectivity index (χ1v) is 12.5. The Morgan fingerprint density at radius 1 is 1.36 bits per heavy atom. The van der Waals surface area contributed by atoms with Gasteiger partial charge in [-0.1, -0.05) is 15.9 Å². The van der Waals surface area contributed by atoms with Gasteiger partial charge in [-0.2, -0.15) is 4.31 Å². The molecule has 176 valence electrons. The first-order valence-electron chi connectivity index (χ1n) is 10.2. The molecule has 3 aromatic rings. The molecule has 13 heteroatoms. The maximum absolute atomic E-state index is 13.5. The van der Waals surface area contributed by atoms with E-state index < -0.39 is 27.9 Å². The Morgan fingerprint density at radius 2 is 2.18 bits per heavy atom. The predicted molar refractivity (Wildman–Crippen MR) is 123 cm³/mol. The van der Waals surface area contributed by atoms with E-state index in [1.165, 1.54) is 0 Å². The molecule has 4 rings (SSSR count). The summed E-state index contributed by atoms with van der Waals surface area (Å²) in [4.78, 5) is 31.2. The summed E-state index contributed by atoms with van der Waals surface area (Å²) < 4.78 is 36.3. The second kappa shape index (κ2) is 9.63. The Bertz CT molecular complexity index is 1270. The highest BCUT2D eigenvalue weighted by Crippen LogP contribution is 2.32. The molecule has 1 fully saturated rings. The van der Waals surface area contributed by atoms with Crippen molar-refractivity contribution in [3.8, 4) is 0 Å². The number of carbonyl (C=O) groups excluding carboxylic acids is 2. The van der Waals surface area contributed by atoms with Gasteiger partial charge in [-0.3, -0.25) is 9.59 Å². The molecule has 0 bridgehead atoms. The van der Waals surface area contributed by atoms with E-state index in [0.717, 1.165) is 4.31 Å². The molecule has 1 atom stereocenters. The van der Waals surface area contributed by atoms with Crippen LogP contribution in [0.15, 0.2) is 46.3 Å². The zero-order chi connectivity index (χ0) is 23.6. The number of nitrogens with zero attached hydrogens (tertiary/aromatic N) is 3. The maximum atomic E-state index is 13.5. The summed E-state index contributed by atoms with van der Waals surface area (Å²) in [5.74, 6) is -1.28.